The van der Waals surface area contributed by atoms with E-state index in [1.165, 1.54) is 0 Å². The van der Waals surface area contributed by atoms with Crippen LogP contribution in [0.3, 0.4) is 0 Å². The minimum Gasteiger partial charge on any atom is -0.480 e. The number of nitrogens with two attached hydrogens (primary N) is 4. The highest BCUT2D eigenvalue weighted by molar-refractivity contribution is 5.89. The van der Waals surface area contributed by atoms with Crippen LogP contribution in [0.15, 0.2) is 4.99 Å². The van der Waals surface area contributed by atoms with Gasteiger partial charge in [-0.15, -0.1) is 0 Å². The molecule has 2 amide bonds. The van der Waals surface area contributed by atoms with Crippen LogP contribution in [0, 0.1) is 0 Å². The van der Waals surface area contributed by atoms with Gasteiger partial charge in [0.25, 0.3) is 0 Å². The van der Waals surface area contributed by atoms with E-state index >= 15 is 0 Å². The van der Waals surface area contributed by atoms with Crippen molar-refractivity contribution in [2.24, 2.45) is 27.9 Å². The van der Waals surface area contributed by atoms with Gasteiger partial charge in [0.05, 0.1) is 18.8 Å². The lowest BCUT2D eigenvalue weighted by Crippen LogP contribution is -2.69. The smallest absolute Gasteiger partial charge is 0.404 e. The van der Waals surface area contributed by atoms with E-state index in [0.717, 1.165) is 0 Å². The molecule has 0 radical (unpaired) electrons. The van der Waals surface area contributed by atoms with Crippen LogP contribution in [-0.2, 0) is 19.1 Å². The first kappa shape index (κ1) is 29.4. The maximum atomic E-state index is 12.6. The molecule has 1 saturated heterocycles. The number of carbonyl (C=O) groups is 3. The van der Waals surface area contributed by atoms with Gasteiger partial charge in [-0.2, -0.15) is 0 Å². The number of amides is 2. The minimum absolute atomic E-state index is 0.119. The zero-order valence-electron chi connectivity index (χ0n) is 19.5. The van der Waals surface area contributed by atoms with Gasteiger partial charge in [-0.05, 0) is 19.4 Å². The van der Waals surface area contributed by atoms with Crippen molar-refractivity contribution in [1.29, 1.82) is 0 Å². The SMILES string of the molecule is NCCCC(N)CC(=O)NC1C(NC2=NC(C(=O)O)C(C(O)CN)N2)OC(CO)C(OC(N)=O)C1O. The Morgan fingerprint density at radius 3 is 2.53 bits per heavy atom. The summed E-state index contributed by atoms with van der Waals surface area (Å²) in [6, 6.07) is -4.28. The number of carbonyl (C=O) groups excluding carboxylic acids is 2. The monoisotopic (exact) mass is 520 g/mol. The number of hydrogen-bond acceptors (Lipinski definition) is 14. The van der Waals surface area contributed by atoms with E-state index in [1.54, 1.807) is 0 Å². The number of aliphatic carboxylic acids is 1. The van der Waals surface area contributed by atoms with Crippen molar-refractivity contribution in [2.75, 3.05) is 19.7 Å². The molecule has 17 heteroatoms. The summed E-state index contributed by atoms with van der Waals surface area (Å²) in [5.74, 6) is -2.04. The van der Waals surface area contributed by atoms with E-state index in [2.05, 4.69) is 20.9 Å². The summed E-state index contributed by atoms with van der Waals surface area (Å²) in [6.45, 7) is -0.549. The number of aliphatic imine (C=N–C) groups is 1. The molecular weight excluding hydrogens is 484 g/mol. The fourth-order valence-corrected chi connectivity index (χ4v) is 4.00. The summed E-state index contributed by atoms with van der Waals surface area (Å²) in [5, 5.41) is 48.1. The van der Waals surface area contributed by atoms with Crippen LogP contribution in [0.1, 0.15) is 19.3 Å². The number of aliphatic hydroxyl groups excluding tert-OH is 3. The lowest BCUT2D eigenvalue weighted by Gasteiger charge is -2.44. The number of guanidine groups is 1. The molecule has 206 valence electrons. The molecule has 9 unspecified atom stereocenters. The third-order valence-corrected chi connectivity index (χ3v) is 5.80. The molecule has 2 aliphatic heterocycles. The molecule has 17 nitrogen and oxygen atoms in total. The molecular formula is C19H36N8O9. The zero-order valence-corrected chi connectivity index (χ0v) is 19.5. The molecule has 0 spiro atoms. The third-order valence-electron chi connectivity index (χ3n) is 5.80. The average Bonchev–Trinajstić information content (AvgIpc) is 3.25. The first-order valence-electron chi connectivity index (χ1n) is 11.4. The van der Waals surface area contributed by atoms with Gasteiger partial charge in [-0.1, -0.05) is 0 Å². The molecule has 0 aliphatic carbocycles. The number of nitrogens with zero attached hydrogens (tertiary/aromatic N) is 1. The second kappa shape index (κ2) is 13.5. The maximum absolute atomic E-state index is 12.6. The Morgan fingerprint density at radius 1 is 1.28 bits per heavy atom. The molecule has 9 atom stereocenters. The van der Waals surface area contributed by atoms with Gasteiger partial charge in [0.2, 0.25) is 5.91 Å². The highest BCUT2D eigenvalue weighted by atomic mass is 16.6. The molecule has 0 saturated carbocycles. The largest absolute Gasteiger partial charge is 0.480 e. The van der Waals surface area contributed by atoms with E-state index in [9.17, 15) is 34.8 Å². The first-order chi connectivity index (χ1) is 17.0. The van der Waals surface area contributed by atoms with Crippen LogP contribution in [0.25, 0.3) is 0 Å². The van der Waals surface area contributed by atoms with Crippen molar-refractivity contribution in [3.8, 4) is 0 Å². The zero-order chi connectivity index (χ0) is 27.0. The van der Waals surface area contributed by atoms with Crippen LogP contribution in [-0.4, -0.2) is 119 Å². The number of aliphatic hydroxyl groups is 3. The van der Waals surface area contributed by atoms with Crippen molar-refractivity contribution in [1.82, 2.24) is 16.0 Å². The van der Waals surface area contributed by atoms with E-state index in [0.29, 0.717) is 19.4 Å². The predicted molar refractivity (Wildman–Crippen MR) is 123 cm³/mol. The fourth-order valence-electron chi connectivity index (χ4n) is 4.00. The summed E-state index contributed by atoms with van der Waals surface area (Å²) in [7, 11) is 0. The number of carboxylic acid groups (broad SMARTS) is 1. The van der Waals surface area contributed by atoms with Gasteiger partial charge < -0.3 is 68.8 Å². The Kier molecular flexibility index (Phi) is 11.0. The molecule has 36 heavy (non-hydrogen) atoms. The lowest BCUT2D eigenvalue weighted by atomic mass is 9.95. The van der Waals surface area contributed by atoms with Crippen LogP contribution in [0.2, 0.25) is 0 Å². The van der Waals surface area contributed by atoms with Crippen LogP contribution < -0.4 is 38.9 Å². The second-order valence-electron chi connectivity index (χ2n) is 8.54. The van der Waals surface area contributed by atoms with Crippen molar-refractivity contribution < 1.29 is 44.3 Å². The maximum Gasteiger partial charge on any atom is 0.404 e. The Morgan fingerprint density at radius 2 is 1.97 bits per heavy atom. The Labute approximate surface area is 206 Å². The fraction of sp³-hybridized carbons (Fsp3) is 0.789. The Bertz CT molecular complexity index is 803. The van der Waals surface area contributed by atoms with Crippen LogP contribution in [0.4, 0.5) is 4.79 Å². The first-order valence-corrected chi connectivity index (χ1v) is 11.4. The summed E-state index contributed by atoms with van der Waals surface area (Å²) in [5.41, 5.74) is 21.9. The third kappa shape index (κ3) is 7.60. The molecule has 2 aliphatic rings. The van der Waals surface area contributed by atoms with Gasteiger partial charge in [-0.3, -0.25) is 4.79 Å². The van der Waals surface area contributed by atoms with Gasteiger partial charge in [0.15, 0.2) is 24.3 Å². The molecule has 1 fully saturated rings. The van der Waals surface area contributed by atoms with Crippen molar-refractivity contribution in [3.05, 3.63) is 0 Å². The van der Waals surface area contributed by atoms with Crippen molar-refractivity contribution in [3.63, 3.8) is 0 Å². The van der Waals surface area contributed by atoms with Crippen molar-refractivity contribution >= 4 is 23.9 Å². The molecule has 0 aromatic heterocycles. The van der Waals surface area contributed by atoms with Gasteiger partial charge >= 0.3 is 12.1 Å². The number of hydrogen-bond donors (Lipinski definition) is 11. The molecule has 0 aromatic carbocycles. The number of ether oxygens (including phenoxy) is 2. The van der Waals surface area contributed by atoms with Crippen LogP contribution >= 0.6 is 0 Å². The molecule has 2 rings (SSSR count). The minimum atomic E-state index is -1.62. The molecule has 0 bridgehead atoms. The second-order valence-corrected chi connectivity index (χ2v) is 8.54. The Balaban J connectivity index is 2.25. The summed E-state index contributed by atoms with van der Waals surface area (Å²) in [6.07, 6.45) is -7.17. The van der Waals surface area contributed by atoms with E-state index in [4.69, 9.17) is 32.4 Å². The van der Waals surface area contributed by atoms with E-state index in [-0.39, 0.29) is 18.9 Å². The van der Waals surface area contributed by atoms with Gasteiger partial charge in [-0.25, -0.2) is 14.6 Å². The summed E-state index contributed by atoms with van der Waals surface area (Å²) >= 11 is 0. The lowest BCUT2D eigenvalue weighted by molar-refractivity contribution is -0.198. The number of primary amides is 1. The molecule has 2 heterocycles. The van der Waals surface area contributed by atoms with Crippen LogP contribution in [0.5, 0.6) is 0 Å². The average molecular weight is 521 g/mol. The highest BCUT2D eigenvalue weighted by Crippen LogP contribution is 2.23. The van der Waals surface area contributed by atoms with E-state index in [1.807, 2.05) is 0 Å². The van der Waals surface area contributed by atoms with Crippen molar-refractivity contribution in [2.45, 2.75) is 74.1 Å². The standard InChI is InChI=1S/C19H36N8O9/c20-3-1-2-7(22)4-10(30)24-13-14(31)15(36-18(23)34)9(6-28)35-16(13)27-19-25-11(8(29)5-21)12(26-19)17(32)33/h7-9,11-16,28-29,31H,1-6,20-22H2,(H2,23,34)(H,24,30)(H,32,33)(H2,25,26,27). The number of nitrogens with one attached hydrogen (secondary N) is 3. The molecule has 0 aromatic rings. The number of rotatable bonds is 12. The quantitative estimate of drug-likeness (QED) is 0.114. The normalized spacial score (nSPS) is 31.5. The van der Waals surface area contributed by atoms with Gasteiger partial charge in [0.1, 0.15) is 18.2 Å². The summed E-state index contributed by atoms with van der Waals surface area (Å²) < 4.78 is 10.6. The Hall–Kier alpha value is -2.80. The van der Waals surface area contributed by atoms with Gasteiger partial charge in [0, 0.05) is 19.0 Å². The molecule has 15 N–H and O–H groups in total. The summed E-state index contributed by atoms with van der Waals surface area (Å²) in [4.78, 5) is 39.5. The predicted octanol–water partition coefficient (Wildman–Crippen LogP) is -5.84. The highest BCUT2D eigenvalue weighted by Gasteiger charge is 2.49. The topological polar surface area (TPSA) is 303 Å². The van der Waals surface area contributed by atoms with E-state index < -0.39 is 79.4 Å². The number of carboxylic acids is 1.